The van der Waals surface area contributed by atoms with Gasteiger partial charge >= 0.3 is 0 Å². The summed E-state index contributed by atoms with van der Waals surface area (Å²) in [5.41, 5.74) is 10.2. The third-order valence-electron chi connectivity index (χ3n) is 6.07. The van der Waals surface area contributed by atoms with Crippen LogP contribution >= 0.6 is 15.9 Å². The fourth-order valence-corrected chi connectivity index (χ4v) is 4.58. The molecular formula is C31H21BrN2. The molecule has 0 unspecified atom stereocenters. The highest BCUT2D eigenvalue weighted by Gasteiger charge is 2.10. The van der Waals surface area contributed by atoms with Crippen molar-refractivity contribution >= 4 is 21.6 Å². The number of aromatic nitrogens is 2. The van der Waals surface area contributed by atoms with E-state index in [1.54, 1.807) is 0 Å². The Morgan fingerprint density at radius 3 is 1.59 bits per heavy atom. The number of pyridine rings is 1. The normalized spacial score (nSPS) is 11.1. The summed E-state index contributed by atoms with van der Waals surface area (Å²) in [5, 5.41) is 0. The average molecular weight is 501 g/mol. The highest BCUT2D eigenvalue weighted by molar-refractivity contribution is 9.10. The van der Waals surface area contributed by atoms with E-state index in [-0.39, 0.29) is 0 Å². The Labute approximate surface area is 207 Å². The fourth-order valence-electron chi connectivity index (χ4n) is 4.31. The van der Waals surface area contributed by atoms with Gasteiger partial charge in [-0.1, -0.05) is 88.7 Å². The second-order valence-corrected chi connectivity index (χ2v) is 9.26. The van der Waals surface area contributed by atoms with Crippen LogP contribution in [0.5, 0.6) is 0 Å². The van der Waals surface area contributed by atoms with Crippen LogP contribution in [0.25, 0.3) is 50.3 Å². The zero-order valence-electron chi connectivity index (χ0n) is 18.4. The summed E-state index contributed by atoms with van der Waals surface area (Å²) in [7, 11) is 0. The molecule has 0 N–H and O–H groups in total. The molecule has 0 aliphatic heterocycles. The van der Waals surface area contributed by atoms with E-state index in [4.69, 9.17) is 4.98 Å². The van der Waals surface area contributed by atoms with E-state index in [9.17, 15) is 0 Å². The first-order chi connectivity index (χ1) is 16.7. The third kappa shape index (κ3) is 4.07. The molecular weight excluding hydrogens is 480 g/mol. The summed E-state index contributed by atoms with van der Waals surface area (Å²) in [5.74, 6) is 0. The lowest BCUT2D eigenvalue weighted by molar-refractivity contribution is 1.19. The zero-order chi connectivity index (χ0) is 22.9. The van der Waals surface area contributed by atoms with E-state index in [1.807, 2.05) is 12.1 Å². The number of hydrogen-bond acceptors (Lipinski definition) is 1. The highest BCUT2D eigenvalue weighted by atomic mass is 79.9. The van der Waals surface area contributed by atoms with E-state index < -0.39 is 0 Å². The lowest BCUT2D eigenvalue weighted by Crippen LogP contribution is -1.88. The average Bonchev–Trinajstić information content (AvgIpc) is 3.33. The van der Waals surface area contributed by atoms with E-state index >= 15 is 0 Å². The van der Waals surface area contributed by atoms with E-state index in [0.717, 1.165) is 26.9 Å². The van der Waals surface area contributed by atoms with Crippen LogP contribution < -0.4 is 0 Å². The Morgan fingerprint density at radius 2 is 1.00 bits per heavy atom. The number of imidazole rings is 1. The molecule has 2 heterocycles. The van der Waals surface area contributed by atoms with Gasteiger partial charge in [0.05, 0.1) is 5.69 Å². The molecule has 0 bridgehead atoms. The van der Waals surface area contributed by atoms with Crippen LogP contribution in [0, 0.1) is 0 Å². The number of fused-ring (bicyclic) bond motifs is 1. The Morgan fingerprint density at radius 1 is 0.471 bits per heavy atom. The molecule has 6 aromatic rings. The minimum Gasteiger partial charge on any atom is -0.306 e. The zero-order valence-corrected chi connectivity index (χ0v) is 20.0. The van der Waals surface area contributed by atoms with Gasteiger partial charge in [-0.3, -0.25) is 0 Å². The SMILES string of the molecule is Brc1ccc(-c2cn3cc(-c4cc(-c5ccccc5)cc(-c5ccccc5)c4)ccc3n2)cc1. The molecule has 0 fully saturated rings. The second-order valence-electron chi connectivity index (χ2n) is 8.35. The van der Waals surface area contributed by atoms with Gasteiger partial charge < -0.3 is 4.40 Å². The van der Waals surface area contributed by atoms with Gasteiger partial charge in [0.1, 0.15) is 5.65 Å². The topological polar surface area (TPSA) is 17.3 Å². The number of hydrogen-bond donors (Lipinski definition) is 0. The molecule has 2 aromatic heterocycles. The van der Waals surface area contributed by atoms with E-state index in [2.05, 4.69) is 136 Å². The predicted molar refractivity (Wildman–Crippen MR) is 145 cm³/mol. The molecule has 4 aromatic carbocycles. The molecule has 0 atom stereocenters. The van der Waals surface area contributed by atoms with Crippen molar-refractivity contribution in [3.8, 4) is 44.6 Å². The minimum absolute atomic E-state index is 0.934. The van der Waals surface area contributed by atoms with Crippen LogP contribution in [0.15, 0.2) is 132 Å². The lowest BCUT2D eigenvalue weighted by atomic mass is 9.94. The molecule has 3 heteroatoms. The Kier molecular flexibility index (Phi) is 5.32. The monoisotopic (exact) mass is 500 g/mol. The van der Waals surface area contributed by atoms with Gasteiger partial charge in [0.15, 0.2) is 0 Å². The van der Waals surface area contributed by atoms with Crippen molar-refractivity contribution < 1.29 is 0 Å². The summed E-state index contributed by atoms with van der Waals surface area (Å²) in [6, 6.07) is 40.5. The summed E-state index contributed by atoms with van der Waals surface area (Å²) in [4.78, 5) is 4.83. The smallest absolute Gasteiger partial charge is 0.137 e. The van der Waals surface area contributed by atoms with Crippen molar-refractivity contribution in [1.82, 2.24) is 9.38 Å². The maximum atomic E-state index is 4.83. The van der Waals surface area contributed by atoms with Crippen LogP contribution in [-0.2, 0) is 0 Å². The van der Waals surface area contributed by atoms with Gasteiger partial charge in [-0.2, -0.15) is 0 Å². The van der Waals surface area contributed by atoms with Crippen molar-refractivity contribution in [1.29, 1.82) is 0 Å². The fraction of sp³-hybridized carbons (Fsp3) is 0. The second kappa shape index (κ2) is 8.77. The molecule has 0 saturated carbocycles. The van der Waals surface area contributed by atoms with Crippen LogP contribution in [-0.4, -0.2) is 9.38 Å². The number of nitrogens with zero attached hydrogens (tertiary/aromatic N) is 2. The maximum absolute atomic E-state index is 4.83. The number of halogens is 1. The molecule has 0 radical (unpaired) electrons. The van der Waals surface area contributed by atoms with Gasteiger partial charge in [-0.15, -0.1) is 0 Å². The Bertz CT molecular complexity index is 1530. The maximum Gasteiger partial charge on any atom is 0.137 e. The van der Waals surface area contributed by atoms with E-state index in [1.165, 1.54) is 27.8 Å². The molecule has 0 saturated heterocycles. The minimum atomic E-state index is 0.934. The molecule has 0 aliphatic rings. The van der Waals surface area contributed by atoms with Crippen molar-refractivity contribution in [3.05, 3.63) is 132 Å². The lowest BCUT2D eigenvalue weighted by Gasteiger charge is -2.11. The summed E-state index contributed by atoms with van der Waals surface area (Å²) >= 11 is 3.51. The van der Waals surface area contributed by atoms with Crippen LogP contribution in [0.3, 0.4) is 0 Å². The standard InChI is InChI=1S/C31H21BrN2/c32-29-14-11-24(12-15-29)30-21-34-20-25(13-16-31(34)33-30)28-18-26(22-7-3-1-4-8-22)17-27(19-28)23-9-5-2-6-10-23/h1-21H. The van der Waals surface area contributed by atoms with Crippen molar-refractivity contribution in [2.24, 2.45) is 0 Å². The van der Waals surface area contributed by atoms with Crippen LogP contribution in [0.1, 0.15) is 0 Å². The first kappa shape index (κ1) is 20.6. The summed E-state index contributed by atoms with van der Waals surface area (Å²) < 4.78 is 3.18. The first-order valence-electron chi connectivity index (χ1n) is 11.2. The quantitative estimate of drug-likeness (QED) is 0.236. The summed E-state index contributed by atoms with van der Waals surface area (Å²) in [6.07, 6.45) is 4.27. The molecule has 0 spiro atoms. The molecule has 162 valence electrons. The van der Waals surface area contributed by atoms with Gasteiger partial charge in [0, 0.05) is 22.4 Å². The van der Waals surface area contributed by atoms with Gasteiger partial charge in [0.25, 0.3) is 0 Å². The van der Waals surface area contributed by atoms with Gasteiger partial charge in [0.2, 0.25) is 0 Å². The largest absolute Gasteiger partial charge is 0.306 e. The van der Waals surface area contributed by atoms with Crippen molar-refractivity contribution in [3.63, 3.8) is 0 Å². The first-order valence-corrected chi connectivity index (χ1v) is 12.0. The van der Waals surface area contributed by atoms with Crippen LogP contribution in [0.4, 0.5) is 0 Å². The van der Waals surface area contributed by atoms with Gasteiger partial charge in [-0.25, -0.2) is 4.98 Å². The third-order valence-corrected chi connectivity index (χ3v) is 6.60. The Hall–Kier alpha value is -3.95. The van der Waals surface area contributed by atoms with Crippen molar-refractivity contribution in [2.75, 3.05) is 0 Å². The molecule has 34 heavy (non-hydrogen) atoms. The van der Waals surface area contributed by atoms with E-state index in [0.29, 0.717) is 0 Å². The Balaban J connectivity index is 1.47. The molecule has 0 aliphatic carbocycles. The van der Waals surface area contributed by atoms with Crippen molar-refractivity contribution in [2.45, 2.75) is 0 Å². The predicted octanol–water partition coefficient (Wildman–Crippen LogP) is 8.76. The number of benzene rings is 4. The molecule has 2 nitrogen and oxygen atoms in total. The highest BCUT2D eigenvalue weighted by Crippen LogP contribution is 2.33. The molecule has 0 amide bonds. The number of rotatable bonds is 4. The van der Waals surface area contributed by atoms with Crippen LogP contribution in [0.2, 0.25) is 0 Å². The van der Waals surface area contributed by atoms with Gasteiger partial charge in [-0.05, 0) is 75.8 Å². The molecule has 6 rings (SSSR count). The summed E-state index contributed by atoms with van der Waals surface area (Å²) in [6.45, 7) is 0.